The number of carbonyl (C=O) groups is 1. The fraction of sp³-hybridized carbons (Fsp3) is 0.0714. The van der Waals surface area contributed by atoms with Gasteiger partial charge < -0.3 is 11.1 Å². The van der Waals surface area contributed by atoms with E-state index in [2.05, 4.69) is 21.2 Å². The summed E-state index contributed by atoms with van der Waals surface area (Å²) in [6.45, 7) is 0.396. The van der Waals surface area contributed by atoms with E-state index in [4.69, 9.17) is 5.73 Å². The number of halogens is 2. The van der Waals surface area contributed by atoms with Crippen LogP contribution in [0.2, 0.25) is 0 Å². The Morgan fingerprint density at radius 1 is 1.26 bits per heavy atom. The Balaban J connectivity index is 2.23. The Kier molecular flexibility index (Phi) is 4.29. The molecule has 0 heterocycles. The Bertz CT molecular complexity index is 616. The lowest BCUT2D eigenvalue weighted by Crippen LogP contribution is -2.13. The molecule has 98 valence electrons. The fourth-order valence-corrected chi connectivity index (χ4v) is 2.07. The van der Waals surface area contributed by atoms with E-state index in [0.29, 0.717) is 16.7 Å². The molecule has 0 saturated heterocycles. The Labute approximate surface area is 118 Å². The van der Waals surface area contributed by atoms with Gasteiger partial charge in [-0.2, -0.15) is 0 Å². The highest BCUT2D eigenvalue weighted by Crippen LogP contribution is 2.20. The molecular weight excluding hydrogens is 311 g/mol. The van der Waals surface area contributed by atoms with Gasteiger partial charge in [-0.15, -0.1) is 0 Å². The van der Waals surface area contributed by atoms with Crippen molar-refractivity contribution in [3.63, 3.8) is 0 Å². The van der Waals surface area contributed by atoms with Gasteiger partial charge in [0, 0.05) is 16.7 Å². The van der Waals surface area contributed by atoms with Crippen LogP contribution in [0.25, 0.3) is 0 Å². The maximum atomic E-state index is 13.1. The zero-order chi connectivity index (χ0) is 13.8. The van der Waals surface area contributed by atoms with Crippen molar-refractivity contribution in [2.45, 2.75) is 6.54 Å². The molecule has 3 N–H and O–H groups in total. The van der Waals surface area contributed by atoms with Crippen molar-refractivity contribution < 1.29 is 9.18 Å². The van der Waals surface area contributed by atoms with Crippen molar-refractivity contribution in [2.24, 2.45) is 5.73 Å². The van der Waals surface area contributed by atoms with E-state index in [1.54, 1.807) is 18.2 Å². The molecular formula is C14H12BrFN2O. The zero-order valence-corrected chi connectivity index (χ0v) is 11.6. The van der Waals surface area contributed by atoms with Gasteiger partial charge in [0.25, 0.3) is 5.91 Å². The minimum atomic E-state index is -0.455. The number of amides is 1. The third-order valence-electron chi connectivity index (χ3n) is 2.59. The topological polar surface area (TPSA) is 55.1 Å². The summed E-state index contributed by atoms with van der Waals surface area (Å²) in [6.07, 6.45) is 0. The van der Waals surface area contributed by atoms with E-state index in [9.17, 15) is 9.18 Å². The summed E-state index contributed by atoms with van der Waals surface area (Å²) in [4.78, 5) is 12.0. The van der Waals surface area contributed by atoms with Crippen molar-refractivity contribution in [1.82, 2.24) is 0 Å². The molecule has 0 saturated carbocycles. The van der Waals surface area contributed by atoms with Crippen molar-refractivity contribution in [1.29, 1.82) is 0 Å². The quantitative estimate of drug-likeness (QED) is 0.911. The standard InChI is InChI=1S/C14H12BrFN2O/c15-13-5-4-10(16)7-12(13)14(19)18-11-3-1-2-9(6-11)8-17/h1-7H,8,17H2,(H,18,19). The van der Waals surface area contributed by atoms with Gasteiger partial charge >= 0.3 is 0 Å². The smallest absolute Gasteiger partial charge is 0.256 e. The number of carbonyl (C=O) groups excluding carboxylic acids is 1. The highest BCUT2D eigenvalue weighted by molar-refractivity contribution is 9.10. The third-order valence-corrected chi connectivity index (χ3v) is 3.29. The highest BCUT2D eigenvalue weighted by Gasteiger charge is 2.11. The van der Waals surface area contributed by atoms with Crippen molar-refractivity contribution in [3.05, 3.63) is 63.9 Å². The van der Waals surface area contributed by atoms with Crippen molar-refractivity contribution in [2.75, 3.05) is 5.32 Å². The molecule has 5 heteroatoms. The van der Waals surface area contributed by atoms with E-state index < -0.39 is 5.82 Å². The molecule has 3 nitrogen and oxygen atoms in total. The average Bonchev–Trinajstić information content (AvgIpc) is 2.41. The van der Waals surface area contributed by atoms with Gasteiger partial charge in [-0.3, -0.25) is 4.79 Å². The summed E-state index contributed by atoms with van der Waals surface area (Å²) >= 11 is 3.23. The first-order valence-corrected chi connectivity index (χ1v) is 6.45. The van der Waals surface area contributed by atoms with E-state index in [1.165, 1.54) is 18.2 Å². The first kappa shape index (κ1) is 13.7. The lowest BCUT2D eigenvalue weighted by Gasteiger charge is -2.08. The molecule has 0 aromatic heterocycles. The molecule has 2 aromatic carbocycles. The molecule has 2 rings (SSSR count). The molecule has 0 aliphatic heterocycles. The molecule has 19 heavy (non-hydrogen) atoms. The van der Waals surface area contributed by atoms with Gasteiger partial charge in [0.15, 0.2) is 0 Å². The van der Waals surface area contributed by atoms with Gasteiger partial charge in [0.05, 0.1) is 5.56 Å². The van der Waals surface area contributed by atoms with Gasteiger partial charge in [-0.25, -0.2) is 4.39 Å². The first-order chi connectivity index (χ1) is 9.10. The maximum Gasteiger partial charge on any atom is 0.256 e. The van der Waals surface area contributed by atoms with Crippen LogP contribution in [0.15, 0.2) is 46.9 Å². The number of hydrogen-bond acceptors (Lipinski definition) is 2. The summed E-state index contributed by atoms with van der Waals surface area (Å²) in [5, 5.41) is 2.71. The molecule has 1 amide bonds. The summed E-state index contributed by atoms with van der Waals surface area (Å²) in [7, 11) is 0. The van der Waals surface area contributed by atoms with Gasteiger partial charge in [0.1, 0.15) is 5.82 Å². The Morgan fingerprint density at radius 3 is 2.79 bits per heavy atom. The van der Waals surface area contributed by atoms with Gasteiger partial charge in [-0.05, 0) is 51.8 Å². The number of nitrogens with two attached hydrogens (primary N) is 1. The molecule has 0 unspecified atom stereocenters. The summed E-state index contributed by atoms with van der Waals surface area (Å²) < 4.78 is 13.7. The zero-order valence-electron chi connectivity index (χ0n) is 9.99. The Hall–Kier alpha value is -1.72. The van der Waals surface area contributed by atoms with Crippen LogP contribution in [-0.2, 0) is 6.54 Å². The normalized spacial score (nSPS) is 10.3. The molecule has 0 radical (unpaired) electrons. The number of anilines is 1. The average molecular weight is 323 g/mol. The molecule has 2 aromatic rings. The summed E-state index contributed by atoms with van der Waals surface area (Å²) in [6, 6.07) is 11.2. The number of nitrogens with one attached hydrogen (secondary N) is 1. The first-order valence-electron chi connectivity index (χ1n) is 5.65. The van der Waals surface area contributed by atoms with Crippen molar-refractivity contribution in [3.8, 4) is 0 Å². The maximum absolute atomic E-state index is 13.1. The SMILES string of the molecule is NCc1cccc(NC(=O)c2cc(F)ccc2Br)c1. The molecule has 0 bridgehead atoms. The van der Waals surface area contributed by atoms with Crippen LogP contribution < -0.4 is 11.1 Å². The van der Waals surface area contributed by atoms with Crippen LogP contribution in [0.5, 0.6) is 0 Å². The van der Waals surface area contributed by atoms with Crippen LogP contribution >= 0.6 is 15.9 Å². The molecule has 0 fully saturated rings. The monoisotopic (exact) mass is 322 g/mol. The fourth-order valence-electron chi connectivity index (χ4n) is 1.65. The lowest BCUT2D eigenvalue weighted by atomic mass is 10.1. The second-order valence-corrected chi connectivity index (χ2v) is 4.84. The van der Waals surface area contributed by atoms with E-state index in [0.717, 1.165) is 5.56 Å². The second kappa shape index (κ2) is 5.95. The lowest BCUT2D eigenvalue weighted by molar-refractivity contribution is 0.102. The highest BCUT2D eigenvalue weighted by atomic mass is 79.9. The minimum absolute atomic E-state index is 0.248. The van der Waals surface area contributed by atoms with E-state index >= 15 is 0 Å². The van der Waals surface area contributed by atoms with Crippen LogP contribution in [-0.4, -0.2) is 5.91 Å². The number of benzene rings is 2. The molecule has 0 atom stereocenters. The molecule has 0 aliphatic rings. The van der Waals surface area contributed by atoms with Gasteiger partial charge in [-0.1, -0.05) is 12.1 Å². The van der Waals surface area contributed by atoms with E-state index in [1.807, 2.05) is 6.07 Å². The second-order valence-electron chi connectivity index (χ2n) is 3.98. The molecule has 0 spiro atoms. The third kappa shape index (κ3) is 3.39. The van der Waals surface area contributed by atoms with Gasteiger partial charge in [0.2, 0.25) is 0 Å². The molecule has 0 aliphatic carbocycles. The summed E-state index contributed by atoms with van der Waals surface area (Å²) in [5.74, 6) is -0.829. The summed E-state index contributed by atoms with van der Waals surface area (Å²) in [5.41, 5.74) is 7.32. The predicted molar refractivity (Wildman–Crippen MR) is 76.4 cm³/mol. The Morgan fingerprint density at radius 2 is 2.05 bits per heavy atom. The van der Waals surface area contributed by atoms with Crippen LogP contribution in [0.1, 0.15) is 15.9 Å². The van der Waals surface area contributed by atoms with Crippen LogP contribution in [0.4, 0.5) is 10.1 Å². The largest absolute Gasteiger partial charge is 0.326 e. The van der Waals surface area contributed by atoms with Crippen molar-refractivity contribution >= 4 is 27.5 Å². The number of hydrogen-bond donors (Lipinski definition) is 2. The minimum Gasteiger partial charge on any atom is -0.326 e. The predicted octanol–water partition coefficient (Wildman–Crippen LogP) is 3.30. The number of rotatable bonds is 3. The van der Waals surface area contributed by atoms with E-state index in [-0.39, 0.29) is 11.5 Å². The van der Waals surface area contributed by atoms with Crippen LogP contribution in [0.3, 0.4) is 0 Å². The van der Waals surface area contributed by atoms with Crippen LogP contribution in [0, 0.1) is 5.82 Å².